The molecule has 2 rings (SSSR count). The molecule has 0 aliphatic carbocycles. The Morgan fingerprint density at radius 3 is 2.67 bits per heavy atom. The predicted octanol–water partition coefficient (Wildman–Crippen LogP) is 2.19. The van der Waals surface area contributed by atoms with Gasteiger partial charge in [-0.05, 0) is 19.1 Å². The fraction of sp³-hybridized carbons (Fsp3) is 0.500. The maximum atomic E-state index is 11.8. The topological polar surface area (TPSA) is 151 Å². The summed E-state index contributed by atoms with van der Waals surface area (Å²) in [4.78, 5) is 32.0. The highest BCUT2D eigenvalue weighted by molar-refractivity contribution is 6.39. The molecule has 0 spiro atoms. The van der Waals surface area contributed by atoms with Crippen LogP contribution in [0.5, 0.6) is 0 Å². The van der Waals surface area contributed by atoms with E-state index in [1.807, 2.05) is 0 Å². The molecule has 0 aromatic heterocycles. The van der Waals surface area contributed by atoms with E-state index in [0.717, 1.165) is 0 Å². The third kappa shape index (κ3) is 7.28. The fourth-order valence-corrected chi connectivity index (χ4v) is 3.03. The number of nitrogens with one attached hydrogen (secondary N) is 1. The number of carbonyl (C=O) groups is 1. The smallest absolute Gasteiger partial charge is 0.432 e. The van der Waals surface area contributed by atoms with Crippen molar-refractivity contribution in [2.24, 2.45) is 4.99 Å². The summed E-state index contributed by atoms with van der Waals surface area (Å²) in [6.45, 7) is 2.49. The number of rotatable bonds is 10. The predicted molar refractivity (Wildman–Crippen MR) is 108 cm³/mol. The van der Waals surface area contributed by atoms with E-state index in [2.05, 4.69) is 15.1 Å². The third-order valence-electron chi connectivity index (χ3n) is 3.74. The lowest BCUT2D eigenvalue weighted by Gasteiger charge is -2.25. The number of nitrogens with zero attached hydrogens (tertiary/aromatic N) is 3. The summed E-state index contributed by atoms with van der Waals surface area (Å²) in [6, 6.07) is 3.07. The van der Waals surface area contributed by atoms with Crippen LogP contribution in [0, 0.1) is 10.1 Å². The van der Waals surface area contributed by atoms with Crippen molar-refractivity contribution in [3.05, 3.63) is 32.3 Å². The molecule has 1 aliphatic rings. The van der Waals surface area contributed by atoms with Crippen LogP contribution in [-0.2, 0) is 19.0 Å². The Balaban J connectivity index is 1.82. The molecule has 1 fully saturated rings. The van der Waals surface area contributed by atoms with Crippen molar-refractivity contribution in [2.75, 3.05) is 45.3 Å². The van der Waals surface area contributed by atoms with Crippen molar-refractivity contribution in [2.45, 2.75) is 13.2 Å². The molecule has 166 valence electrons. The van der Waals surface area contributed by atoms with E-state index in [1.54, 1.807) is 11.8 Å². The van der Waals surface area contributed by atoms with E-state index in [-0.39, 0.29) is 36.5 Å². The van der Waals surface area contributed by atoms with Gasteiger partial charge in [0.1, 0.15) is 18.9 Å². The molecule has 30 heavy (non-hydrogen) atoms. The van der Waals surface area contributed by atoms with E-state index in [1.165, 1.54) is 12.1 Å². The Hall–Kier alpha value is -2.70. The van der Waals surface area contributed by atoms with Gasteiger partial charge >= 0.3 is 6.16 Å². The first-order valence-corrected chi connectivity index (χ1v) is 9.55. The molecular formula is C16H21Cl2N5O7. The zero-order valence-electron chi connectivity index (χ0n) is 16.0. The van der Waals surface area contributed by atoms with Crippen molar-refractivity contribution >= 4 is 46.7 Å². The molecule has 0 bridgehead atoms. The maximum absolute atomic E-state index is 11.8. The zero-order valence-corrected chi connectivity index (χ0v) is 17.5. The summed E-state index contributed by atoms with van der Waals surface area (Å²) in [5.41, 5.74) is 6.45. The Morgan fingerprint density at radius 2 is 2.00 bits per heavy atom. The number of nitrogens with two attached hydrogens (primary N) is 1. The summed E-state index contributed by atoms with van der Waals surface area (Å²) < 4.78 is 15.1. The highest BCUT2D eigenvalue weighted by atomic mass is 35.5. The van der Waals surface area contributed by atoms with E-state index in [9.17, 15) is 14.9 Å². The molecule has 1 saturated heterocycles. The number of aliphatic imine (C=N–C) groups is 1. The number of nitrogen functional groups attached to an aromatic ring is 1. The summed E-state index contributed by atoms with van der Waals surface area (Å²) in [5, 5.41) is 12.7. The second-order valence-corrected chi connectivity index (χ2v) is 6.69. The summed E-state index contributed by atoms with van der Waals surface area (Å²) >= 11 is 12.3. The second-order valence-electron chi connectivity index (χ2n) is 5.87. The van der Waals surface area contributed by atoms with Gasteiger partial charge in [-0.25, -0.2) is 9.79 Å². The lowest BCUT2D eigenvalue weighted by molar-refractivity contribution is -0.758. The van der Waals surface area contributed by atoms with Gasteiger partial charge in [0.15, 0.2) is 6.23 Å². The molecule has 0 saturated carbocycles. The zero-order chi connectivity index (χ0) is 22.1. The van der Waals surface area contributed by atoms with Crippen LogP contribution >= 0.6 is 23.2 Å². The highest BCUT2D eigenvalue weighted by Crippen LogP contribution is 2.35. The first kappa shape index (κ1) is 23.6. The Bertz CT molecular complexity index is 772. The van der Waals surface area contributed by atoms with Gasteiger partial charge in [-0.15, -0.1) is 10.1 Å². The number of hydrogen-bond acceptors (Lipinski definition) is 9. The molecule has 1 aromatic carbocycles. The average molecular weight is 466 g/mol. The van der Waals surface area contributed by atoms with Crippen LogP contribution < -0.4 is 11.1 Å². The molecule has 12 nitrogen and oxygen atoms in total. The van der Waals surface area contributed by atoms with E-state index in [0.29, 0.717) is 30.4 Å². The molecule has 1 atom stereocenters. The van der Waals surface area contributed by atoms with Gasteiger partial charge in [0.05, 0.1) is 23.3 Å². The Morgan fingerprint density at radius 1 is 1.33 bits per heavy atom. The second kappa shape index (κ2) is 11.5. The molecule has 1 aromatic rings. The minimum atomic E-state index is -0.918. The van der Waals surface area contributed by atoms with Crippen molar-refractivity contribution in [1.82, 2.24) is 10.2 Å². The summed E-state index contributed by atoms with van der Waals surface area (Å²) in [6.07, 6.45) is -1.59. The quantitative estimate of drug-likeness (QED) is 0.173. The van der Waals surface area contributed by atoms with Crippen LogP contribution in [-0.4, -0.2) is 67.8 Å². The Kier molecular flexibility index (Phi) is 9.02. The number of ether oxygens (including phenoxy) is 3. The van der Waals surface area contributed by atoms with Crippen LogP contribution in [0.25, 0.3) is 0 Å². The van der Waals surface area contributed by atoms with Crippen LogP contribution in [0.3, 0.4) is 0 Å². The van der Waals surface area contributed by atoms with Crippen molar-refractivity contribution in [3.8, 4) is 0 Å². The number of carbonyl (C=O) groups excluding carboxylic acids is 1. The van der Waals surface area contributed by atoms with E-state index in [4.69, 9.17) is 43.1 Å². The van der Waals surface area contributed by atoms with Gasteiger partial charge in [0.25, 0.3) is 5.09 Å². The van der Waals surface area contributed by atoms with Gasteiger partial charge < -0.3 is 35.0 Å². The number of hydrogen-bond donors (Lipinski definition) is 2. The lowest BCUT2D eigenvalue weighted by Crippen LogP contribution is -2.40. The van der Waals surface area contributed by atoms with Crippen LogP contribution in [0.15, 0.2) is 17.1 Å². The first-order valence-electron chi connectivity index (χ1n) is 8.80. The van der Waals surface area contributed by atoms with Crippen LogP contribution in [0.4, 0.5) is 16.2 Å². The van der Waals surface area contributed by atoms with Gasteiger partial charge in [-0.2, -0.15) is 0 Å². The molecule has 0 amide bonds. The third-order valence-corrected chi connectivity index (χ3v) is 4.32. The van der Waals surface area contributed by atoms with Gasteiger partial charge in [0.2, 0.25) is 5.96 Å². The summed E-state index contributed by atoms with van der Waals surface area (Å²) in [7, 11) is 0. The number of benzene rings is 1. The van der Waals surface area contributed by atoms with Gasteiger partial charge in [-0.1, -0.05) is 23.2 Å². The normalized spacial score (nSPS) is 15.6. The molecule has 3 N–H and O–H groups in total. The highest BCUT2D eigenvalue weighted by Gasteiger charge is 2.27. The van der Waals surface area contributed by atoms with Crippen molar-refractivity contribution in [3.63, 3.8) is 0 Å². The number of guanidine groups is 1. The van der Waals surface area contributed by atoms with Crippen molar-refractivity contribution < 1.29 is 28.9 Å². The maximum Gasteiger partial charge on any atom is 0.510 e. The molecule has 1 aliphatic heterocycles. The number of halogens is 2. The van der Waals surface area contributed by atoms with E-state index >= 15 is 0 Å². The molecule has 1 unspecified atom stereocenters. The molecular weight excluding hydrogens is 445 g/mol. The standard InChI is InChI=1S/C16H21Cl2N5O7/c1-10(30-16(24)28-6-4-27-5-7-29-23(25)26)22-3-2-20-15(22)21-14-12(17)8-11(19)9-13(14)18/h8-10H,2-7,19H2,1H3,(H,20,21). The van der Waals surface area contributed by atoms with Crippen LogP contribution in [0.2, 0.25) is 10.0 Å². The summed E-state index contributed by atoms with van der Waals surface area (Å²) in [5.74, 6) is 0.429. The van der Waals surface area contributed by atoms with Gasteiger partial charge in [-0.3, -0.25) is 0 Å². The SMILES string of the molecule is CC(OC(=O)OCCOCCO[N+](=O)[O-])N1CCN/C1=N\c1c(Cl)cc(N)cc1Cl. The molecule has 1 heterocycles. The van der Waals surface area contributed by atoms with E-state index < -0.39 is 17.5 Å². The average Bonchev–Trinajstić information content (AvgIpc) is 3.12. The fourth-order valence-electron chi connectivity index (χ4n) is 2.44. The van der Waals surface area contributed by atoms with Crippen molar-refractivity contribution in [1.29, 1.82) is 0 Å². The largest absolute Gasteiger partial charge is 0.510 e. The molecule has 14 heteroatoms. The minimum absolute atomic E-state index is 0.00861. The number of anilines is 1. The van der Waals surface area contributed by atoms with Crippen LogP contribution in [0.1, 0.15) is 6.92 Å². The monoisotopic (exact) mass is 465 g/mol. The minimum Gasteiger partial charge on any atom is -0.432 e. The Labute approximate surface area is 181 Å². The van der Waals surface area contributed by atoms with Gasteiger partial charge in [0, 0.05) is 18.8 Å². The first-order chi connectivity index (χ1) is 14.3. The lowest BCUT2D eigenvalue weighted by atomic mass is 10.3. The molecule has 0 radical (unpaired) electrons.